The van der Waals surface area contributed by atoms with Crippen LogP contribution in [0.15, 0.2) is 18.2 Å². The molecule has 29 heavy (non-hydrogen) atoms. The summed E-state index contributed by atoms with van der Waals surface area (Å²) in [6.07, 6.45) is 2.87. The summed E-state index contributed by atoms with van der Waals surface area (Å²) in [5.41, 5.74) is 3.27. The van der Waals surface area contributed by atoms with Gasteiger partial charge >= 0.3 is 6.03 Å². The van der Waals surface area contributed by atoms with Gasteiger partial charge in [0.05, 0.1) is 11.0 Å². The minimum absolute atomic E-state index is 0.00786. The topological polar surface area (TPSA) is 91.7 Å². The number of rotatable bonds is 5. The van der Waals surface area contributed by atoms with E-state index in [4.69, 9.17) is 4.98 Å². The van der Waals surface area contributed by atoms with Crippen molar-refractivity contribution in [1.29, 1.82) is 0 Å². The van der Waals surface area contributed by atoms with E-state index in [1.54, 1.807) is 0 Å². The summed E-state index contributed by atoms with van der Waals surface area (Å²) in [7, 11) is 0. The lowest BCUT2D eigenvalue weighted by molar-refractivity contribution is 0.178. The Kier molecular flexibility index (Phi) is 5.51. The average Bonchev–Trinajstić information content (AvgIpc) is 3.29. The second kappa shape index (κ2) is 8.23. The molecule has 1 atom stereocenters. The smallest absolute Gasteiger partial charge is 0.317 e. The lowest BCUT2D eigenvalue weighted by atomic mass is 9.97. The third-order valence-electron chi connectivity index (χ3n) is 5.61. The van der Waals surface area contributed by atoms with E-state index in [0.29, 0.717) is 13.1 Å². The number of aryl methyl sites for hydroxylation is 4. The molecule has 154 valence electrons. The number of para-hydroxylation sites is 1. The number of amides is 2. The van der Waals surface area contributed by atoms with Crippen LogP contribution in [0.4, 0.5) is 4.79 Å². The molecule has 1 aromatic carbocycles. The van der Waals surface area contributed by atoms with E-state index in [1.165, 1.54) is 5.56 Å². The number of aromatic nitrogens is 5. The monoisotopic (exact) mass is 395 g/mol. The van der Waals surface area contributed by atoms with Crippen LogP contribution < -0.4 is 5.32 Å². The summed E-state index contributed by atoms with van der Waals surface area (Å²) in [4.78, 5) is 27.1. The van der Waals surface area contributed by atoms with Crippen LogP contribution in [0.3, 0.4) is 0 Å². The van der Waals surface area contributed by atoms with E-state index in [1.807, 2.05) is 29.5 Å². The fourth-order valence-electron chi connectivity index (χ4n) is 4.08. The van der Waals surface area contributed by atoms with Crippen molar-refractivity contribution in [3.8, 4) is 0 Å². The minimum Gasteiger partial charge on any atom is -0.342 e. The van der Waals surface area contributed by atoms with Crippen molar-refractivity contribution in [3.63, 3.8) is 0 Å². The highest BCUT2D eigenvalue weighted by atomic mass is 16.2. The number of nitrogens with one attached hydrogen (secondary N) is 2. The molecule has 2 amide bonds. The lowest BCUT2D eigenvalue weighted by Crippen LogP contribution is -2.45. The van der Waals surface area contributed by atoms with E-state index in [-0.39, 0.29) is 11.9 Å². The second-order valence-corrected chi connectivity index (χ2v) is 7.89. The van der Waals surface area contributed by atoms with Crippen molar-refractivity contribution in [1.82, 2.24) is 34.9 Å². The van der Waals surface area contributed by atoms with E-state index in [9.17, 15) is 4.79 Å². The van der Waals surface area contributed by atoms with Gasteiger partial charge in [-0.3, -0.25) is 4.68 Å². The highest BCUT2D eigenvalue weighted by Gasteiger charge is 2.26. The number of hydrogen-bond donors (Lipinski definition) is 2. The summed E-state index contributed by atoms with van der Waals surface area (Å²) < 4.78 is 1.89. The van der Waals surface area contributed by atoms with Gasteiger partial charge in [0.1, 0.15) is 17.5 Å². The Bertz CT molecular complexity index is 1010. The number of fused-ring (bicyclic) bond motifs is 1. The molecule has 0 bridgehead atoms. The normalized spacial score (nSPS) is 17.1. The van der Waals surface area contributed by atoms with E-state index < -0.39 is 0 Å². The van der Waals surface area contributed by atoms with Gasteiger partial charge in [0, 0.05) is 32.1 Å². The van der Waals surface area contributed by atoms with Crippen LogP contribution in [0.1, 0.15) is 48.2 Å². The zero-order valence-electron chi connectivity index (χ0n) is 17.4. The van der Waals surface area contributed by atoms with Crippen molar-refractivity contribution >= 4 is 17.1 Å². The maximum atomic E-state index is 12.6. The van der Waals surface area contributed by atoms with E-state index in [2.05, 4.69) is 39.4 Å². The summed E-state index contributed by atoms with van der Waals surface area (Å²) in [6, 6.07) is 6.19. The number of hydrogen-bond acceptors (Lipinski definition) is 4. The number of imidazole rings is 1. The van der Waals surface area contributed by atoms with Crippen molar-refractivity contribution in [2.24, 2.45) is 0 Å². The van der Waals surface area contributed by atoms with Crippen molar-refractivity contribution in [3.05, 3.63) is 41.2 Å². The maximum Gasteiger partial charge on any atom is 0.317 e. The summed E-state index contributed by atoms with van der Waals surface area (Å²) in [6.45, 7) is 8.80. The van der Waals surface area contributed by atoms with Gasteiger partial charge in [0.2, 0.25) is 0 Å². The molecule has 1 aliphatic rings. The Morgan fingerprint density at radius 3 is 2.90 bits per heavy atom. The van der Waals surface area contributed by atoms with Gasteiger partial charge in [-0.2, -0.15) is 5.10 Å². The Morgan fingerprint density at radius 1 is 1.28 bits per heavy atom. The Morgan fingerprint density at radius 2 is 2.14 bits per heavy atom. The SMILES string of the molecule is Cc1nc(C)n(CCCNC(=O)N2CCC[C@@H](c3nc4c(C)cccc4[nH]3)C2)n1. The maximum absolute atomic E-state index is 12.6. The number of piperidine rings is 1. The molecule has 0 unspecified atom stereocenters. The zero-order valence-corrected chi connectivity index (χ0v) is 17.4. The standard InChI is InChI=1S/C21H29N7O/c1-14-7-4-9-18-19(14)25-20(24-18)17-8-5-11-27(13-17)21(29)22-10-6-12-28-16(3)23-15(2)26-28/h4,7,9,17H,5-6,8,10-13H2,1-3H3,(H,22,29)(H,24,25)/t17-/m1/s1. The molecule has 1 fully saturated rings. The van der Waals surface area contributed by atoms with Crippen molar-refractivity contribution in [2.75, 3.05) is 19.6 Å². The van der Waals surface area contributed by atoms with Gasteiger partial charge < -0.3 is 15.2 Å². The van der Waals surface area contributed by atoms with Crippen molar-refractivity contribution < 1.29 is 4.79 Å². The fourth-order valence-corrected chi connectivity index (χ4v) is 4.08. The Hall–Kier alpha value is -2.90. The molecule has 4 rings (SSSR count). The molecule has 0 saturated carbocycles. The minimum atomic E-state index is 0.00786. The molecule has 0 aliphatic carbocycles. The van der Waals surface area contributed by atoms with Gasteiger partial charge in [-0.25, -0.2) is 14.8 Å². The first kappa shape index (κ1) is 19.4. The second-order valence-electron chi connectivity index (χ2n) is 7.89. The molecule has 0 spiro atoms. The highest BCUT2D eigenvalue weighted by molar-refractivity contribution is 5.78. The van der Waals surface area contributed by atoms with Crippen molar-refractivity contribution in [2.45, 2.75) is 52.5 Å². The first-order chi connectivity index (χ1) is 14.0. The fraction of sp³-hybridized carbons (Fsp3) is 0.524. The van der Waals surface area contributed by atoms with Crippen LogP contribution in [0.2, 0.25) is 0 Å². The first-order valence-electron chi connectivity index (χ1n) is 10.4. The predicted molar refractivity (Wildman–Crippen MR) is 112 cm³/mol. The third kappa shape index (κ3) is 4.26. The number of nitrogens with zero attached hydrogens (tertiary/aromatic N) is 5. The van der Waals surface area contributed by atoms with Gasteiger partial charge in [0.25, 0.3) is 0 Å². The number of urea groups is 1. The first-order valence-corrected chi connectivity index (χ1v) is 10.4. The molecule has 2 N–H and O–H groups in total. The Balaban J connectivity index is 1.31. The molecular weight excluding hydrogens is 366 g/mol. The van der Waals surface area contributed by atoms with Crippen LogP contribution in [0.25, 0.3) is 11.0 Å². The van der Waals surface area contributed by atoms with Gasteiger partial charge in [-0.1, -0.05) is 12.1 Å². The predicted octanol–water partition coefficient (Wildman–Crippen LogP) is 3.06. The van der Waals surface area contributed by atoms with Crippen LogP contribution in [-0.2, 0) is 6.54 Å². The van der Waals surface area contributed by atoms with Crippen LogP contribution in [-0.4, -0.2) is 55.3 Å². The number of likely N-dealkylation sites (tertiary alicyclic amines) is 1. The van der Waals surface area contributed by atoms with Gasteiger partial charge in [-0.15, -0.1) is 0 Å². The van der Waals surface area contributed by atoms with Crippen LogP contribution in [0.5, 0.6) is 0 Å². The molecule has 3 heterocycles. The molecule has 8 heteroatoms. The molecule has 1 aliphatic heterocycles. The average molecular weight is 396 g/mol. The lowest BCUT2D eigenvalue weighted by Gasteiger charge is -2.31. The number of H-pyrrole nitrogens is 1. The summed E-state index contributed by atoms with van der Waals surface area (Å²) in [5.74, 6) is 2.94. The quantitative estimate of drug-likeness (QED) is 0.650. The van der Waals surface area contributed by atoms with E-state index >= 15 is 0 Å². The molecule has 1 saturated heterocycles. The number of carbonyl (C=O) groups is 1. The highest BCUT2D eigenvalue weighted by Crippen LogP contribution is 2.27. The number of benzene rings is 1. The molecular formula is C21H29N7O. The molecule has 0 radical (unpaired) electrons. The van der Waals surface area contributed by atoms with Crippen LogP contribution in [0, 0.1) is 20.8 Å². The molecule has 3 aromatic rings. The summed E-state index contributed by atoms with van der Waals surface area (Å²) >= 11 is 0. The van der Waals surface area contributed by atoms with Crippen LogP contribution >= 0.6 is 0 Å². The molecule has 2 aromatic heterocycles. The van der Waals surface area contributed by atoms with Gasteiger partial charge in [-0.05, 0) is 51.7 Å². The van der Waals surface area contributed by atoms with E-state index in [0.717, 1.165) is 60.9 Å². The van der Waals surface area contributed by atoms with Gasteiger partial charge in [0.15, 0.2) is 0 Å². The Labute approximate surface area is 170 Å². The zero-order chi connectivity index (χ0) is 20.4. The third-order valence-corrected chi connectivity index (χ3v) is 5.61. The number of carbonyl (C=O) groups excluding carboxylic acids is 1. The largest absolute Gasteiger partial charge is 0.342 e. The molecule has 8 nitrogen and oxygen atoms in total. The summed E-state index contributed by atoms with van der Waals surface area (Å²) in [5, 5.41) is 7.41. The number of aromatic amines is 1.